The fourth-order valence-electron chi connectivity index (χ4n) is 2.50. The second-order valence-corrected chi connectivity index (χ2v) is 4.82. The molecule has 0 unspecified atom stereocenters. The first kappa shape index (κ1) is 12.1. The van der Waals surface area contributed by atoms with E-state index < -0.39 is 0 Å². The van der Waals surface area contributed by atoms with E-state index in [9.17, 15) is 4.79 Å². The van der Waals surface area contributed by atoms with Crippen LogP contribution in [-0.4, -0.2) is 37.3 Å². The first-order valence-corrected chi connectivity index (χ1v) is 6.08. The molecule has 3 rings (SSSR count). The van der Waals surface area contributed by atoms with Gasteiger partial charge in [0.15, 0.2) is 11.2 Å². The Morgan fingerprint density at radius 2 is 2.47 bits per heavy atom. The van der Waals surface area contributed by atoms with Gasteiger partial charge < -0.3 is 15.6 Å². The summed E-state index contributed by atoms with van der Waals surface area (Å²) in [5, 5.41) is 9.16. The summed E-state index contributed by atoms with van der Waals surface area (Å²) in [6.07, 6.45) is 1.78. The number of H-pyrrole nitrogens is 1. The number of aromatic amines is 1. The largest absolute Gasteiger partial charge is 0.394 e. The number of aliphatic hydroxyl groups is 1. The summed E-state index contributed by atoms with van der Waals surface area (Å²) in [5.74, 6) is 0.237. The molecule has 0 bridgehead atoms. The molecule has 4 N–H and O–H groups in total. The van der Waals surface area contributed by atoms with Gasteiger partial charge in [-0.3, -0.25) is 14.3 Å². The van der Waals surface area contributed by atoms with Crippen LogP contribution in [0.4, 0.5) is 5.95 Å². The summed E-state index contributed by atoms with van der Waals surface area (Å²) in [7, 11) is 0. The van der Waals surface area contributed by atoms with E-state index >= 15 is 0 Å². The van der Waals surface area contributed by atoms with Crippen LogP contribution < -0.4 is 11.3 Å². The van der Waals surface area contributed by atoms with Crippen LogP contribution in [0.2, 0.25) is 0 Å². The Morgan fingerprint density at radius 3 is 3.16 bits per heavy atom. The molecule has 0 aromatic carbocycles. The average Bonchev–Trinajstić information content (AvgIpc) is 2.92. The lowest BCUT2D eigenvalue weighted by atomic mass is 10.1. The number of ether oxygens (including phenoxy) is 1. The Balaban J connectivity index is 2.09. The molecule has 0 aliphatic carbocycles. The molecule has 0 amide bonds. The Bertz CT molecular complexity index is 664. The molecule has 2 aromatic heterocycles. The highest BCUT2D eigenvalue weighted by Gasteiger charge is 2.34. The highest BCUT2D eigenvalue weighted by atomic mass is 16.5. The van der Waals surface area contributed by atoms with Crippen LogP contribution >= 0.6 is 0 Å². The zero-order valence-corrected chi connectivity index (χ0v) is 10.4. The van der Waals surface area contributed by atoms with Crippen molar-refractivity contribution in [1.29, 1.82) is 0 Å². The number of nitrogens with zero attached hydrogens (tertiary/aromatic N) is 3. The summed E-state index contributed by atoms with van der Waals surface area (Å²) in [5.41, 5.74) is 5.81. The van der Waals surface area contributed by atoms with Gasteiger partial charge in [0.25, 0.3) is 5.56 Å². The van der Waals surface area contributed by atoms with Gasteiger partial charge in [-0.15, -0.1) is 0 Å². The number of nitrogens with two attached hydrogens (primary N) is 1. The number of aliphatic hydroxyl groups excluding tert-OH is 1. The number of nitrogens with one attached hydrogen (secondary N) is 1. The van der Waals surface area contributed by atoms with Crippen molar-refractivity contribution in [2.24, 2.45) is 5.92 Å². The highest BCUT2D eigenvalue weighted by molar-refractivity contribution is 5.70. The molecule has 2 aromatic rings. The van der Waals surface area contributed by atoms with Crippen molar-refractivity contribution in [3.63, 3.8) is 0 Å². The van der Waals surface area contributed by atoms with E-state index in [-0.39, 0.29) is 41.9 Å². The molecule has 3 atom stereocenters. The van der Waals surface area contributed by atoms with Gasteiger partial charge in [0.1, 0.15) is 6.23 Å². The van der Waals surface area contributed by atoms with Gasteiger partial charge in [0, 0.05) is 5.92 Å². The fraction of sp³-hybridized carbons (Fsp3) is 0.545. The van der Waals surface area contributed by atoms with Crippen molar-refractivity contribution in [2.75, 3.05) is 12.3 Å². The number of hydrogen-bond donors (Lipinski definition) is 3. The van der Waals surface area contributed by atoms with Crippen LogP contribution in [0.3, 0.4) is 0 Å². The first-order valence-electron chi connectivity index (χ1n) is 6.08. The second kappa shape index (κ2) is 4.32. The van der Waals surface area contributed by atoms with Crippen molar-refractivity contribution >= 4 is 17.1 Å². The number of nitrogen functional groups attached to an aromatic ring is 1. The van der Waals surface area contributed by atoms with E-state index in [1.807, 2.05) is 6.92 Å². The van der Waals surface area contributed by atoms with E-state index in [1.54, 1.807) is 4.57 Å². The van der Waals surface area contributed by atoms with Crippen LogP contribution in [0.5, 0.6) is 0 Å². The normalized spacial score (nSPS) is 27.2. The fourth-order valence-corrected chi connectivity index (χ4v) is 2.50. The molecule has 1 saturated heterocycles. The lowest BCUT2D eigenvalue weighted by Gasteiger charge is -2.17. The number of imidazole rings is 1. The lowest BCUT2D eigenvalue weighted by Crippen LogP contribution is -2.17. The maximum Gasteiger partial charge on any atom is 0.280 e. The maximum atomic E-state index is 11.7. The quantitative estimate of drug-likeness (QED) is 0.680. The predicted octanol–water partition coefficient (Wildman–Crippen LogP) is -0.382. The van der Waals surface area contributed by atoms with E-state index in [0.29, 0.717) is 5.65 Å². The zero-order valence-electron chi connectivity index (χ0n) is 10.4. The third-order valence-corrected chi connectivity index (χ3v) is 3.38. The maximum absolute atomic E-state index is 11.7. The summed E-state index contributed by atoms with van der Waals surface area (Å²) >= 11 is 0. The van der Waals surface area contributed by atoms with Crippen LogP contribution in [0, 0.1) is 5.92 Å². The monoisotopic (exact) mass is 265 g/mol. The zero-order chi connectivity index (χ0) is 13.6. The molecule has 0 radical (unpaired) electrons. The SMILES string of the molecule is C[C@@H]1C[C@@H](CO)O[C@@H]1n1cnc2c(=O)[nH]c(N)nc21. The average molecular weight is 265 g/mol. The molecule has 0 saturated carbocycles. The molecule has 3 heterocycles. The Morgan fingerprint density at radius 1 is 1.68 bits per heavy atom. The highest BCUT2D eigenvalue weighted by Crippen LogP contribution is 2.34. The van der Waals surface area contributed by atoms with Gasteiger partial charge in [-0.25, -0.2) is 4.98 Å². The third-order valence-electron chi connectivity index (χ3n) is 3.38. The predicted molar refractivity (Wildman–Crippen MR) is 67.3 cm³/mol. The van der Waals surface area contributed by atoms with E-state index in [2.05, 4.69) is 15.0 Å². The minimum absolute atomic E-state index is 0.0242. The smallest absolute Gasteiger partial charge is 0.280 e. The van der Waals surface area contributed by atoms with Crippen molar-refractivity contribution in [2.45, 2.75) is 25.7 Å². The van der Waals surface area contributed by atoms with Gasteiger partial charge in [0.05, 0.1) is 19.0 Å². The number of hydrogen-bond acceptors (Lipinski definition) is 6. The van der Waals surface area contributed by atoms with Gasteiger partial charge in [-0.05, 0) is 6.42 Å². The molecule has 1 fully saturated rings. The van der Waals surface area contributed by atoms with Gasteiger partial charge >= 0.3 is 0 Å². The van der Waals surface area contributed by atoms with Crippen molar-refractivity contribution < 1.29 is 9.84 Å². The van der Waals surface area contributed by atoms with E-state index in [1.165, 1.54) is 6.33 Å². The Labute approximate surface area is 108 Å². The molecule has 1 aliphatic rings. The summed E-state index contributed by atoms with van der Waals surface area (Å²) in [4.78, 5) is 22.3. The van der Waals surface area contributed by atoms with Crippen LogP contribution in [0.25, 0.3) is 11.2 Å². The molecule has 0 spiro atoms. The Kier molecular flexibility index (Phi) is 2.76. The molecular weight excluding hydrogens is 250 g/mol. The Hall–Kier alpha value is -1.93. The van der Waals surface area contributed by atoms with Gasteiger partial charge in [-0.2, -0.15) is 4.98 Å². The first-order chi connectivity index (χ1) is 9.10. The van der Waals surface area contributed by atoms with Gasteiger partial charge in [-0.1, -0.05) is 6.92 Å². The third kappa shape index (κ3) is 1.89. The molecular formula is C11H15N5O3. The van der Waals surface area contributed by atoms with Crippen molar-refractivity contribution in [1.82, 2.24) is 19.5 Å². The van der Waals surface area contributed by atoms with Crippen molar-refractivity contribution in [3.05, 3.63) is 16.7 Å². The standard InChI is InChI=1S/C11H15N5O3/c1-5-2-6(3-17)19-10(5)16-4-13-7-8(16)14-11(12)15-9(7)18/h4-6,10,17H,2-3H2,1H3,(H3,12,14,15,18)/t5-,6+,10+/m1/s1. The number of rotatable bonds is 2. The number of anilines is 1. The molecule has 102 valence electrons. The van der Waals surface area contributed by atoms with Gasteiger partial charge in [0.2, 0.25) is 5.95 Å². The van der Waals surface area contributed by atoms with Crippen molar-refractivity contribution in [3.8, 4) is 0 Å². The minimum atomic E-state index is -0.370. The summed E-state index contributed by atoms with van der Waals surface area (Å²) in [6, 6.07) is 0. The molecule has 8 heteroatoms. The number of aromatic nitrogens is 4. The van der Waals surface area contributed by atoms with Crippen LogP contribution in [0.1, 0.15) is 19.6 Å². The number of fused-ring (bicyclic) bond motifs is 1. The molecule has 19 heavy (non-hydrogen) atoms. The summed E-state index contributed by atoms with van der Waals surface area (Å²) < 4.78 is 7.43. The molecule has 1 aliphatic heterocycles. The van der Waals surface area contributed by atoms with Crippen LogP contribution in [0.15, 0.2) is 11.1 Å². The molecule has 8 nitrogen and oxygen atoms in total. The van der Waals surface area contributed by atoms with Crippen LogP contribution in [-0.2, 0) is 4.74 Å². The lowest BCUT2D eigenvalue weighted by molar-refractivity contribution is -0.0294. The van der Waals surface area contributed by atoms with E-state index in [4.69, 9.17) is 15.6 Å². The topological polar surface area (TPSA) is 119 Å². The minimum Gasteiger partial charge on any atom is -0.394 e. The van der Waals surface area contributed by atoms with E-state index in [0.717, 1.165) is 6.42 Å². The summed E-state index contributed by atoms with van der Waals surface area (Å²) in [6.45, 7) is 1.99. The second-order valence-electron chi connectivity index (χ2n) is 4.82.